The van der Waals surface area contributed by atoms with Gasteiger partial charge in [-0.15, -0.1) is 11.6 Å². The summed E-state index contributed by atoms with van der Waals surface area (Å²) in [7, 11) is -3.42. The molecule has 0 spiro atoms. The molecule has 0 saturated carbocycles. The Kier molecular flexibility index (Phi) is 5.36. The van der Waals surface area contributed by atoms with E-state index in [1.807, 2.05) is 0 Å². The van der Waals surface area contributed by atoms with Gasteiger partial charge in [-0.2, -0.15) is 0 Å². The van der Waals surface area contributed by atoms with E-state index in [4.69, 9.17) is 11.6 Å². The van der Waals surface area contributed by atoms with Crippen molar-refractivity contribution in [3.05, 3.63) is 34.4 Å². The van der Waals surface area contributed by atoms with Crippen molar-refractivity contribution in [3.8, 4) is 0 Å². The van der Waals surface area contributed by atoms with E-state index < -0.39 is 14.9 Å². The first-order chi connectivity index (χ1) is 8.44. The number of halogens is 1. The van der Waals surface area contributed by atoms with Gasteiger partial charge >= 0.3 is 0 Å². The lowest BCUT2D eigenvalue weighted by Crippen LogP contribution is -2.16. The van der Waals surface area contributed by atoms with E-state index in [2.05, 4.69) is 4.72 Å². The van der Waals surface area contributed by atoms with E-state index in [0.29, 0.717) is 24.4 Å². The summed E-state index contributed by atoms with van der Waals surface area (Å²) < 4.78 is 25.6. The van der Waals surface area contributed by atoms with Gasteiger partial charge in [0.25, 0.3) is 5.69 Å². The van der Waals surface area contributed by atoms with Gasteiger partial charge in [-0.25, -0.2) is 8.42 Å². The number of hydrogen-bond donors (Lipinski definition) is 1. The first-order valence-corrected chi connectivity index (χ1v) is 7.44. The molecule has 18 heavy (non-hydrogen) atoms. The maximum atomic E-state index is 11.6. The number of nitrogens with zero attached hydrogens (tertiary/aromatic N) is 1. The normalized spacial score (nSPS) is 11.2. The van der Waals surface area contributed by atoms with Gasteiger partial charge in [-0.05, 0) is 25.0 Å². The molecule has 0 bridgehead atoms. The maximum Gasteiger partial charge on any atom is 0.269 e. The molecule has 0 amide bonds. The topological polar surface area (TPSA) is 89.3 Å². The van der Waals surface area contributed by atoms with Crippen molar-refractivity contribution in [1.29, 1.82) is 0 Å². The number of nitrogens with one attached hydrogen (secondary N) is 1. The first kappa shape index (κ1) is 14.7. The molecule has 6 nitrogen and oxygen atoms in total. The standard InChI is InChI=1S/C10H13ClN2O4S/c11-7-1-2-8-18(16,17)12-9-3-5-10(6-4-9)13(14)15/h3-6,12H,1-2,7-8H2. The van der Waals surface area contributed by atoms with Gasteiger partial charge in [0.2, 0.25) is 10.0 Å². The summed E-state index contributed by atoms with van der Waals surface area (Å²) in [6, 6.07) is 5.21. The number of rotatable bonds is 7. The Balaban J connectivity index is 2.63. The third-order valence-electron chi connectivity index (χ3n) is 2.15. The van der Waals surface area contributed by atoms with Crippen molar-refractivity contribution in [2.24, 2.45) is 0 Å². The highest BCUT2D eigenvalue weighted by Gasteiger charge is 2.11. The van der Waals surface area contributed by atoms with Crippen LogP contribution in [-0.4, -0.2) is 25.0 Å². The van der Waals surface area contributed by atoms with Crippen molar-refractivity contribution in [2.45, 2.75) is 12.8 Å². The van der Waals surface area contributed by atoms with Crippen molar-refractivity contribution in [3.63, 3.8) is 0 Å². The van der Waals surface area contributed by atoms with Gasteiger partial charge in [0, 0.05) is 23.7 Å². The second kappa shape index (κ2) is 6.55. The van der Waals surface area contributed by atoms with Crippen LogP contribution < -0.4 is 4.72 Å². The van der Waals surface area contributed by atoms with Crippen molar-refractivity contribution < 1.29 is 13.3 Å². The first-order valence-electron chi connectivity index (χ1n) is 5.25. The van der Waals surface area contributed by atoms with Gasteiger partial charge in [-0.1, -0.05) is 0 Å². The molecule has 1 N–H and O–H groups in total. The molecule has 0 unspecified atom stereocenters. The number of sulfonamides is 1. The molecule has 8 heteroatoms. The summed E-state index contributed by atoms with van der Waals surface area (Å²) in [6.07, 6.45) is 1.11. The van der Waals surface area contributed by atoms with E-state index in [9.17, 15) is 18.5 Å². The van der Waals surface area contributed by atoms with Crippen LogP contribution in [0.5, 0.6) is 0 Å². The minimum absolute atomic E-state index is 0.0172. The van der Waals surface area contributed by atoms with Crippen molar-refractivity contribution >= 4 is 33.0 Å². The maximum absolute atomic E-state index is 11.6. The molecule has 0 atom stereocenters. The lowest BCUT2D eigenvalue weighted by Gasteiger charge is -2.07. The molecule has 0 radical (unpaired) electrons. The third kappa shape index (κ3) is 4.89. The summed E-state index contributed by atoms with van der Waals surface area (Å²) in [4.78, 5) is 9.88. The molecule has 0 fully saturated rings. The lowest BCUT2D eigenvalue weighted by molar-refractivity contribution is -0.384. The van der Waals surface area contributed by atoms with Crippen LogP contribution in [-0.2, 0) is 10.0 Å². The second-order valence-corrected chi connectivity index (χ2v) is 5.84. The lowest BCUT2D eigenvalue weighted by atomic mass is 10.3. The van der Waals surface area contributed by atoms with E-state index >= 15 is 0 Å². The van der Waals surface area contributed by atoms with Crippen LogP contribution in [0, 0.1) is 10.1 Å². The molecule has 0 aromatic heterocycles. The molecule has 1 rings (SSSR count). The average Bonchev–Trinajstić information content (AvgIpc) is 2.29. The highest BCUT2D eigenvalue weighted by Crippen LogP contribution is 2.16. The molecular weight excluding hydrogens is 280 g/mol. The molecular formula is C10H13ClN2O4S. The number of alkyl halides is 1. The minimum Gasteiger partial charge on any atom is -0.284 e. The molecule has 0 aliphatic heterocycles. The number of hydrogen-bond acceptors (Lipinski definition) is 4. The number of benzene rings is 1. The zero-order valence-corrected chi connectivity index (χ0v) is 11.1. The molecule has 0 heterocycles. The number of anilines is 1. The number of non-ortho nitro benzene ring substituents is 1. The predicted molar refractivity (Wildman–Crippen MR) is 70.5 cm³/mol. The van der Waals surface area contributed by atoms with E-state index in [-0.39, 0.29) is 11.4 Å². The Morgan fingerprint density at radius 1 is 1.22 bits per heavy atom. The Morgan fingerprint density at radius 2 is 1.83 bits per heavy atom. The highest BCUT2D eigenvalue weighted by molar-refractivity contribution is 7.92. The SMILES string of the molecule is O=[N+]([O-])c1ccc(NS(=O)(=O)CCCCCl)cc1. The molecule has 0 saturated heterocycles. The van der Waals surface area contributed by atoms with Gasteiger partial charge in [0.1, 0.15) is 0 Å². The zero-order chi connectivity index (χ0) is 13.6. The fourth-order valence-corrected chi connectivity index (χ4v) is 2.64. The summed E-state index contributed by atoms with van der Waals surface area (Å²) in [5.41, 5.74) is 0.228. The quantitative estimate of drug-likeness (QED) is 0.361. The molecule has 0 aliphatic carbocycles. The van der Waals surface area contributed by atoms with Crippen LogP contribution in [0.1, 0.15) is 12.8 Å². The Morgan fingerprint density at radius 3 is 2.33 bits per heavy atom. The van der Waals surface area contributed by atoms with Crippen LogP contribution in [0.4, 0.5) is 11.4 Å². The molecule has 1 aromatic rings. The smallest absolute Gasteiger partial charge is 0.269 e. The summed E-state index contributed by atoms with van der Waals surface area (Å²) >= 11 is 5.46. The largest absolute Gasteiger partial charge is 0.284 e. The average molecular weight is 293 g/mol. The summed E-state index contributed by atoms with van der Waals surface area (Å²) in [5.74, 6) is 0.407. The fraction of sp³-hybridized carbons (Fsp3) is 0.400. The van der Waals surface area contributed by atoms with Gasteiger partial charge < -0.3 is 0 Å². The van der Waals surface area contributed by atoms with Crippen LogP contribution in [0.25, 0.3) is 0 Å². The zero-order valence-electron chi connectivity index (χ0n) is 9.50. The number of unbranched alkanes of at least 4 members (excludes halogenated alkanes) is 1. The van der Waals surface area contributed by atoms with Crippen LogP contribution in [0.15, 0.2) is 24.3 Å². The summed E-state index contributed by atoms with van der Waals surface area (Å²) in [6.45, 7) is 0. The highest BCUT2D eigenvalue weighted by atomic mass is 35.5. The van der Waals surface area contributed by atoms with Gasteiger partial charge in [0.15, 0.2) is 0 Å². The molecule has 1 aromatic carbocycles. The number of nitro groups is 1. The fourth-order valence-electron chi connectivity index (χ4n) is 1.27. The minimum atomic E-state index is -3.42. The predicted octanol–water partition coefficient (Wildman–Crippen LogP) is 2.36. The molecule has 0 aliphatic rings. The Hall–Kier alpha value is -1.34. The van der Waals surface area contributed by atoms with Gasteiger partial charge in [0.05, 0.1) is 10.7 Å². The Labute approximate surface area is 110 Å². The Bertz CT molecular complexity index is 501. The van der Waals surface area contributed by atoms with E-state index in [0.717, 1.165) is 0 Å². The van der Waals surface area contributed by atoms with Gasteiger partial charge in [-0.3, -0.25) is 14.8 Å². The van der Waals surface area contributed by atoms with Crippen molar-refractivity contribution in [1.82, 2.24) is 0 Å². The number of nitro benzene ring substituents is 1. The van der Waals surface area contributed by atoms with Crippen LogP contribution in [0.3, 0.4) is 0 Å². The van der Waals surface area contributed by atoms with Crippen LogP contribution in [0.2, 0.25) is 0 Å². The van der Waals surface area contributed by atoms with Crippen LogP contribution >= 0.6 is 11.6 Å². The second-order valence-electron chi connectivity index (χ2n) is 3.62. The molecule has 100 valence electrons. The van der Waals surface area contributed by atoms with E-state index in [1.165, 1.54) is 24.3 Å². The monoisotopic (exact) mass is 292 g/mol. The third-order valence-corrected chi connectivity index (χ3v) is 3.79. The summed E-state index contributed by atoms with van der Waals surface area (Å²) in [5, 5.41) is 10.4. The van der Waals surface area contributed by atoms with E-state index in [1.54, 1.807) is 0 Å². The van der Waals surface area contributed by atoms with Crippen molar-refractivity contribution in [2.75, 3.05) is 16.4 Å².